The molecule has 3 heterocycles. The standard InChI is InChI=1S/C18H18N4O4/c1-2-3-12(22-18(23)14-8-24-9-20-14)17-19-7-13(21-17)11-4-5-15-16(6-11)26-10-25-15/h4-9,12H,2-3,10H2,1H3,(H,19,21)(H,22,23). The number of rotatable bonds is 6. The molecular formula is C18H18N4O4. The summed E-state index contributed by atoms with van der Waals surface area (Å²) in [5.74, 6) is 1.84. The lowest BCUT2D eigenvalue weighted by Crippen LogP contribution is -2.29. The Kier molecular flexibility index (Phi) is 4.30. The van der Waals surface area contributed by atoms with E-state index in [1.807, 2.05) is 18.2 Å². The van der Waals surface area contributed by atoms with Gasteiger partial charge in [0.15, 0.2) is 23.6 Å². The molecule has 2 aromatic heterocycles. The second kappa shape index (κ2) is 6.91. The van der Waals surface area contributed by atoms with E-state index in [2.05, 4.69) is 27.2 Å². The maximum Gasteiger partial charge on any atom is 0.273 e. The van der Waals surface area contributed by atoms with E-state index in [0.29, 0.717) is 11.6 Å². The molecule has 1 unspecified atom stereocenters. The van der Waals surface area contributed by atoms with Crippen molar-refractivity contribution in [3.63, 3.8) is 0 Å². The fourth-order valence-corrected chi connectivity index (χ4v) is 2.85. The number of nitrogens with one attached hydrogen (secondary N) is 2. The van der Waals surface area contributed by atoms with Crippen molar-refractivity contribution >= 4 is 5.91 Å². The Labute approximate surface area is 149 Å². The van der Waals surface area contributed by atoms with Crippen molar-refractivity contribution in [3.8, 4) is 22.8 Å². The van der Waals surface area contributed by atoms with E-state index in [9.17, 15) is 4.79 Å². The van der Waals surface area contributed by atoms with Gasteiger partial charge in [0.2, 0.25) is 6.79 Å². The summed E-state index contributed by atoms with van der Waals surface area (Å²) in [6, 6.07) is 5.47. The lowest BCUT2D eigenvalue weighted by atomic mass is 10.1. The summed E-state index contributed by atoms with van der Waals surface area (Å²) in [7, 11) is 0. The van der Waals surface area contributed by atoms with Gasteiger partial charge in [0.25, 0.3) is 5.91 Å². The van der Waals surface area contributed by atoms with E-state index in [1.54, 1.807) is 6.20 Å². The van der Waals surface area contributed by atoms with Gasteiger partial charge in [0.1, 0.15) is 12.1 Å². The maximum absolute atomic E-state index is 12.3. The number of H-pyrrole nitrogens is 1. The van der Waals surface area contributed by atoms with Crippen molar-refractivity contribution in [1.29, 1.82) is 0 Å². The van der Waals surface area contributed by atoms with E-state index in [1.165, 1.54) is 12.7 Å². The van der Waals surface area contributed by atoms with Crippen LogP contribution >= 0.6 is 0 Å². The van der Waals surface area contributed by atoms with Crippen LogP contribution in [0.2, 0.25) is 0 Å². The van der Waals surface area contributed by atoms with Crippen LogP contribution in [0.15, 0.2) is 41.5 Å². The lowest BCUT2D eigenvalue weighted by molar-refractivity contribution is 0.0927. The third kappa shape index (κ3) is 3.13. The Hall–Kier alpha value is -3.29. The highest BCUT2D eigenvalue weighted by atomic mass is 16.7. The molecule has 1 aliphatic rings. The number of ether oxygens (including phenoxy) is 2. The Bertz CT molecular complexity index is 904. The van der Waals surface area contributed by atoms with Crippen LogP contribution in [0, 0.1) is 0 Å². The Morgan fingerprint density at radius 3 is 3.00 bits per heavy atom. The first-order valence-corrected chi connectivity index (χ1v) is 8.38. The van der Waals surface area contributed by atoms with Gasteiger partial charge in [-0.15, -0.1) is 0 Å². The van der Waals surface area contributed by atoms with E-state index in [4.69, 9.17) is 13.9 Å². The highest BCUT2D eigenvalue weighted by Gasteiger charge is 2.20. The topological polar surface area (TPSA) is 102 Å². The van der Waals surface area contributed by atoms with Gasteiger partial charge in [0, 0.05) is 5.56 Å². The number of fused-ring (bicyclic) bond motifs is 1. The number of carbonyl (C=O) groups is 1. The van der Waals surface area contributed by atoms with Gasteiger partial charge < -0.3 is 24.2 Å². The molecule has 26 heavy (non-hydrogen) atoms. The smallest absolute Gasteiger partial charge is 0.273 e. The van der Waals surface area contributed by atoms with E-state index in [0.717, 1.165) is 29.8 Å². The van der Waals surface area contributed by atoms with Gasteiger partial charge in [-0.25, -0.2) is 9.97 Å². The predicted molar refractivity (Wildman–Crippen MR) is 91.8 cm³/mol. The van der Waals surface area contributed by atoms with Crippen molar-refractivity contribution < 1.29 is 18.7 Å². The fourth-order valence-electron chi connectivity index (χ4n) is 2.85. The summed E-state index contributed by atoms with van der Waals surface area (Å²) in [6.45, 7) is 2.29. The second-order valence-corrected chi connectivity index (χ2v) is 5.94. The van der Waals surface area contributed by atoms with Gasteiger partial charge in [-0.3, -0.25) is 4.79 Å². The van der Waals surface area contributed by atoms with Crippen molar-refractivity contribution in [2.75, 3.05) is 6.79 Å². The van der Waals surface area contributed by atoms with Gasteiger partial charge >= 0.3 is 0 Å². The van der Waals surface area contributed by atoms with Crippen LogP contribution in [-0.2, 0) is 0 Å². The van der Waals surface area contributed by atoms with Crippen LogP contribution in [0.5, 0.6) is 11.5 Å². The number of hydrogen-bond acceptors (Lipinski definition) is 6. The lowest BCUT2D eigenvalue weighted by Gasteiger charge is -2.15. The molecular weight excluding hydrogens is 336 g/mol. The van der Waals surface area contributed by atoms with Crippen molar-refractivity contribution in [3.05, 3.63) is 48.6 Å². The molecule has 1 aliphatic heterocycles. The summed E-state index contributed by atoms with van der Waals surface area (Å²) in [6.07, 6.45) is 5.94. The average Bonchev–Trinajstić information content (AvgIpc) is 3.41. The fraction of sp³-hybridized carbons (Fsp3) is 0.278. The molecule has 8 heteroatoms. The summed E-state index contributed by atoms with van der Waals surface area (Å²) in [4.78, 5) is 23.9. The van der Waals surface area contributed by atoms with Crippen LogP contribution in [0.3, 0.4) is 0 Å². The molecule has 1 amide bonds. The second-order valence-electron chi connectivity index (χ2n) is 5.94. The summed E-state index contributed by atoms with van der Waals surface area (Å²) in [5.41, 5.74) is 2.02. The normalized spacial score (nSPS) is 13.6. The molecule has 1 aromatic carbocycles. The zero-order valence-corrected chi connectivity index (χ0v) is 14.2. The minimum atomic E-state index is -0.293. The molecule has 0 saturated carbocycles. The number of aromatic amines is 1. The van der Waals surface area contributed by atoms with E-state index in [-0.39, 0.29) is 24.4 Å². The molecule has 0 spiro atoms. The molecule has 0 saturated heterocycles. The highest BCUT2D eigenvalue weighted by molar-refractivity contribution is 5.92. The number of oxazole rings is 1. The average molecular weight is 354 g/mol. The van der Waals surface area contributed by atoms with Crippen molar-refractivity contribution in [2.24, 2.45) is 0 Å². The van der Waals surface area contributed by atoms with Crippen LogP contribution < -0.4 is 14.8 Å². The number of imidazole rings is 1. The molecule has 0 bridgehead atoms. The van der Waals surface area contributed by atoms with Gasteiger partial charge in [-0.05, 0) is 24.6 Å². The van der Waals surface area contributed by atoms with Crippen LogP contribution in [0.4, 0.5) is 0 Å². The first-order valence-electron chi connectivity index (χ1n) is 8.38. The largest absolute Gasteiger partial charge is 0.454 e. The molecule has 8 nitrogen and oxygen atoms in total. The zero-order valence-electron chi connectivity index (χ0n) is 14.2. The van der Waals surface area contributed by atoms with E-state index >= 15 is 0 Å². The van der Waals surface area contributed by atoms with Crippen LogP contribution in [0.25, 0.3) is 11.3 Å². The van der Waals surface area contributed by atoms with Crippen LogP contribution in [0.1, 0.15) is 42.1 Å². The quantitative estimate of drug-likeness (QED) is 0.705. The van der Waals surface area contributed by atoms with Gasteiger partial charge in [0.05, 0.1) is 17.9 Å². The molecule has 0 radical (unpaired) electrons. The number of hydrogen-bond donors (Lipinski definition) is 2. The molecule has 3 aromatic rings. The number of benzene rings is 1. The monoisotopic (exact) mass is 354 g/mol. The number of nitrogens with zero attached hydrogens (tertiary/aromatic N) is 2. The Balaban J connectivity index is 1.55. The first-order chi connectivity index (χ1) is 12.7. The minimum absolute atomic E-state index is 0.236. The van der Waals surface area contributed by atoms with E-state index < -0.39 is 0 Å². The number of carbonyl (C=O) groups excluding carboxylic acids is 1. The van der Waals surface area contributed by atoms with Crippen molar-refractivity contribution in [1.82, 2.24) is 20.3 Å². The highest BCUT2D eigenvalue weighted by Crippen LogP contribution is 2.35. The van der Waals surface area contributed by atoms with Gasteiger partial charge in [-0.1, -0.05) is 13.3 Å². The molecule has 0 fully saturated rings. The molecule has 1 atom stereocenters. The Morgan fingerprint density at radius 1 is 1.31 bits per heavy atom. The SMILES string of the molecule is CCCC(NC(=O)c1cocn1)c1ncc(-c2ccc3c(c2)OCO3)[nH]1. The molecule has 4 rings (SSSR count). The third-order valence-corrected chi connectivity index (χ3v) is 4.16. The maximum atomic E-state index is 12.3. The van der Waals surface area contributed by atoms with Crippen molar-refractivity contribution in [2.45, 2.75) is 25.8 Å². The first kappa shape index (κ1) is 16.2. The Morgan fingerprint density at radius 2 is 2.19 bits per heavy atom. The predicted octanol–water partition coefficient (Wildman–Crippen LogP) is 3.06. The van der Waals surface area contributed by atoms with Gasteiger partial charge in [-0.2, -0.15) is 0 Å². The molecule has 0 aliphatic carbocycles. The summed E-state index contributed by atoms with van der Waals surface area (Å²) in [5, 5.41) is 2.94. The number of aromatic nitrogens is 3. The minimum Gasteiger partial charge on any atom is -0.454 e. The summed E-state index contributed by atoms with van der Waals surface area (Å²) >= 11 is 0. The van der Waals surface area contributed by atoms with Crippen LogP contribution in [-0.4, -0.2) is 27.7 Å². The third-order valence-electron chi connectivity index (χ3n) is 4.16. The summed E-state index contributed by atoms with van der Waals surface area (Å²) < 4.78 is 15.6. The number of amides is 1. The zero-order chi connectivity index (χ0) is 17.9. The molecule has 134 valence electrons. The molecule has 2 N–H and O–H groups in total.